The minimum Gasteiger partial charge on any atom is -0.324 e. The molecule has 0 aromatic heterocycles. The molecule has 0 bridgehead atoms. The van der Waals surface area contributed by atoms with Crippen LogP contribution in [0.4, 0.5) is 0 Å². The molecule has 0 amide bonds. The molecule has 1 nitrogen and oxygen atoms in total. The van der Waals surface area contributed by atoms with E-state index in [1.807, 2.05) is 0 Å². The summed E-state index contributed by atoms with van der Waals surface area (Å²) in [5.74, 6) is 0.510. The topological polar surface area (TPSA) is 26.0 Å². The van der Waals surface area contributed by atoms with Gasteiger partial charge in [-0.3, -0.25) is 0 Å². The number of benzene rings is 2. The Bertz CT molecular complexity index is 600. The van der Waals surface area contributed by atoms with Crippen LogP contribution in [0.2, 0.25) is 0 Å². The van der Waals surface area contributed by atoms with Gasteiger partial charge in [0.15, 0.2) is 0 Å². The molecule has 98 valence electrons. The number of rotatable bonds is 1. The normalized spacial score (nSPS) is 22.1. The maximum Gasteiger partial charge on any atom is 0.0298 e. The van der Waals surface area contributed by atoms with Crippen molar-refractivity contribution in [2.45, 2.75) is 38.6 Å². The van der Waals surface area contributed by atoms with Crippen LogP contribution >= 0.6 is 0 Å². The van der Waals surface area contributed by atoms with E-state index in [1.54, 1.807) is 0 Å². The number of aryl methyl sites for hydroxylation is 2. The summed E-state index contributed by atoms with van der Waals surface area (Å²) in [5, 5.41) is 0. The van der Waals surface area contributed by atoms with E-state index in [9.17, 15) is 0 Å². The second-order valence-corrected chi connectivity index (χ2v) is 5.71. The molecule has 0 saturated carbocycles. The van der Waals surface area contributed by atoms with Crippen molar-refractivity contribution in [2.75, 3.05) is 0 Å². The van der Waals surface area contributed by atoms with E-state index in [2.05, 4.69) is 56.3 Å². The molecule has 2 aromatic rings. The summed E-state index contributed by atoms with van der Waals surface area (Å²) >= 11 is 0. The SMILES string of the molecule is Cc1ccc(C2CCC(N)c3ccccc32)cc1C. The van der Waals surface area contributed by atoms with Crippen molar-refractivity contribution in [3.8, 4) is 0 Å². The molecule has 19 heavy (non-hydrogen) atoms. The highest BCUT2D eigenvalue weighted by atomic mass is 14.6. The summed E-state index contributed by atoms with van der Waals surface area (Å²) in [7, 11) is 0. The summed E-state index contributed by atoms with van der Waals surface area (Å²) in [4.78, 5) is 0. The van der Waals surface area contributed by atoms with Gasteiger partial charge in [0.05, 0.1) is 0 Å². The van der Waals surface area contributed by atoms with Gasteiger partial charge in [-0.2, -0.15) is 0 Å². The zero-order chi connectivity index (χ0) is 13.4. The predicted molar refractivity (Wildman–Crippen MR) is 80.4 cm³/mol. The fourth-order valence-corrected chi connectivity index (χ4v) is 3.15. The van der Waals surface area contributed by atoms with Gasteiger partial charge < -0.3 is 5.73 Å². The lowest BCUT2D eigenvalue weighted by Gasteiger charge is -2.30. The quantitative estimate of drug-likeness (QED) is 0.806. The van der Waals surface area contributed by atoms with Crippen LogP contribution in [0.15, 0.2) is 42.5 Å². The molecule has 0 saturated heterocycles. The Kier molecular flexibility index (Phi) is 3.16. The molecule has 1 aliphatic rings. The number of hydrogen-bond acceptors (Lipinski definition) is 1. The lowest BCUT2D eigenvalue weighted by atomic mass is 9.76. The lowest BCUT2D eigenvalue weighted by Crippen LogP contribution is -2.21. The fraction of sp³-hybridized carbons (Fsp3) is 0.333. The first kappa shape index (κ1) is 12.4. The van der Waals surface area contributed by atoms with Gasteiger partial charge in [0.25, 0.3) is 0 Å². The van der Waals surface area contributed by atoms with Crippen LogP contribution in [-0.2, 0) is 0 Å². The van der Waals surface area contributed by atoms with Gasteiger partial charge in [-0.25, -0.2) is 0 Å². The summed E-state index contributed by atoms with van der Waals surface area (Å²) in [6.07, 6.45) is 2.23. The van der Waals surface area contributed by atoms with Crippen LogP contribution in [0.1, 0.15) is 52.6 Å². The van der Waals surface area contributed by atoms with Crippen molar-refractivity contribution in [3.63, 3.8) is 0 Å². The first-order valence-electron chi connectivity index (χ1n) is 7.08. The maximum absolute atomic E-state index is 6.24. The molecule has 1 aliphatic carbocycles. The Morgan fingerprint density at radius 2 is 1.63 bits per heavy atom. The fourth-order valence-electron chi connectivity index (χ4n) is 3.15. The molecule has 0 radical (unpaired) electrons. The smallest absolute Gasteiger partial charge is 0.0298 e. The molecule has 0 aliphatic heterocycles. The first-order chi connectivity index (χ1) is 9.16. The van der Waals surface area contributed by atoms with Gasteiger partial charge in [-0.05, 0) is 54.5 Å². The zero-order valence-corrected chi connectivity index (χ0v) is 11.7. The third kappa shape index (κ3) is 2.19. The summed E-state index contributed by atoms with van der Waals surface area (Å²) in [6, 6.07) is 15.7. The van der Waals surface area contributed by atoms with E-state index < -0.39 is 0 Å². The van der Waals surface area contributed by atoms with Crippen molar-refractivity contribution in [2.24, 2.45) is 5.73 Å². The molecule has 2 aromatic carbocycles. The van der Waals surface area contributed by atoms with Crippen LogP contribution in [0.5, 0.6) is 0 Å². The van der Waals surface area contributed by atoms with Crippen LogP contribution in [0.25, 0.3) is 0 Å². The number of fused-ring (bicyclic) bond motifs is 1. The van der Waals surface area contributed by atoms with Crippen LogP contribution in [0.3, 0.4) is 0 Å². The lowest BCUT2D eigenvalue weighted by molar-refractivity contribution is 0.530. The van der Waals surface area contributed by atoms with Crippen molar-refractivity contribution >= 4 is 0 Å². The van der Waals surface area contributed by atoms with E-state index >= 15 is 0 Å². The second kappa shape index (κ2) is 4.82. The van der Waals surface area contributed by atoms with Crippen LogP contribution < -0.4 is 5.73 Å². The molecule has 0 heterocycles. The highest BCUT2D eigenvalue weighted by Gasteiger charge is 2.25. The van der Waals surface area contributed by atoms with E-state index in [1.165, 1.54) is 27.8 Å². The van der Waals surface area contributed by atoms with Gasteiger partial charge in [0, 0.05) is 12.0 Å². The predicted octanol–water partition coefficient (Wildman–Crippen LogP) is 4.23. The van der Waals surface area contributed by atoms with Crippen molar-refractivity contribution < 1.29 is 0 Å². The van der Waals surface area contributed by atoms with Crippen LogP contribution in [-0.4, -0.2) is 0 Å². The molecule has 2 unspecified atom stereocenters. The van der Waals surface area contributed by atoms with Crippen molar-refractivity contribution in [1.82, 2.24) is 0 Å². The molecule has 0 spiro atoms. The minimum atomic E-state index is 0.207. The molecular weight excluding hydrogens is 230 g/mol. The maximum atomic E-state index is 6.24. The molecule has 3 rings (SSSR count). The van der Waals surface area contributed by atoms with Crippen molar-refractivity contribution in [1.29, 1.82) is 0 Å². The number of nitrogens with two attached hydrogens (primary N) is 1. The van der Waals surface area contributed by atoms with E-state index in [0.717, 1.165) is 12.8 Å². The van der Waals surface area contributed by atoms with E-state index in [4.69, 9.17) is 5.73 Å². The van der Waals surface area contributed by atoms with E-state index in [-0.39, 0.29) is 6.04 Å². The average Bonchev–Trinajstić information content (AvgIpc) is 2.43. The second-order valence-electron chi connectivity index (χ2n) is 5.71. The Morgan fingerprint density at radius 3 is 2.37 bits per heavy atom. The summed E-state index contributed by atoms with van der Waals surface area (Å²) in [5.41, 5.74) is 13.2. The third-order valence-electron chi connectivity index (χ3n) is 4.47. The highest BCUT2D eigenvalue weighted by molar-refractivity contribution is 5.43. The molecule has 2 N–H and O–H groups in total. The van der Waals surface area contributed by atoms with Gasteiger partial charge in [0.2, 0.25) is 0 Å². The highest BCUT2D eigenvalue weighted by Crippen LogP contribution is 2.40. The Hall–Kier alpha value is -1.60. The third-order valence-corrected chi connectivity index (χ3v) is 4.47. The van der Waals surface area contributed by atoms with E-state index in [0.29, 0.717) is 5.92 Å². The Labute approximate surface area is 115 Å². The Balaban J connectivity index is 2.07. The minimum absolute atomic E-state index is 0.207. The van der Waals surface area contributed by atoms with Gasteiger partial charge in [-0.15, -0.1) is 0 Å². The molecule has 1 heteroatoms. The number of hydrogen-bond donors (Lipinski definition) is 1. The first-order valence-corrected chi connectivity index (χ1v) is 7.08. The van der Waals surface area contributed by atoms with Crippen LogP contribution in [0, 0.1) is 13.8 Å². The zero-order valence-electron chi connectivity index (χ0n) is 11.7. The summed E-state index contributed by atoms with van der Waals surface area (Å²) in [6.45, 7) is 4.36. The molecule has 2 atom stereocenters. The average molecular weight is 251 g/mol. The van der Waals surface area contributed by atoms with Gasteiger partial charge >= 0.3 is 0 Å². The molecule has 0 fully saturated rings. The Morgan fingerprint density at radius 1 is 0.895 bits per heavy atom. The largest absolute Gasteiger partial charge is 0.324 e. The molecular formula is C18H21N. The monoisotopic (exact) mass is 251 g/mol. The van der Waals surface area contributed by atoms with Gasteiger partial charge in [0.1, 0.15) is 0 Å². The van der Waals surface area contributed by atoms with Gasteiger partial charge in [-0.1, -0.05) is 42.5 Å². The standard InChI is InChI=1S/C18H21N/c1-12-7-8-14(11-13(12)2)15-9-10-18(19)17-6-4-3-5-16(15)17/h3-8,11,15,18H,9-10,19H2,1-2H3. The van der Waals surface area contributed by atoms with Crippen molar-refractivity contribution in [3.05, 3.63) is 70.3 Å². The summed E-state index contributed by atoms with van der Waals surface area (Å²) < 4.78 is 0.